The van der Waals surface area contributed by atoms with Crippen LogP contribution in [0.25, 0.3) is 0 Å². The summed E-state index contributed by atoms with van der Waals surface area (Å²) in [5.74, 6) is 1.48. The van der Waals surface area contributed by atoms with E-state index in [0.29, 0.717) is 5.41 Å². The zero-order valence-electron chi connectivity index (χ0n) is 7.96. The third-order valence-electron chi connectivity index (χ3n) is 4.24. The van der Waals surface area contributed by atoms with E-state index >= 15 is 0 Å². The minimum absolute atomic E-state index is 0.332. The van der Waals surface area contributed by atoms with Crippen LogP contribution in [0.2, 0.25) is 0 Å². The van der Waals surface area contributed by atoms with Gasteiger partial charge in [-0.25, -0.2) is 0 Å². The third-order valence-corrected chi connectivity index (χ3v) is 4.24. The first-order valence-corrected chi connectivity index (χ1v) is 5.28. The molecule has 1 nitrogen and oxygen atoms in total. The van der Waals surface area contributed by atoms with Gasteiger partial charge in [0.1, 0.15) is 0 Å². The summed E-state index contributed by atoms with van der Waals surface area (Å²) in [5.41, 5.74) is 1.79. The maximum absolute atomic E-state index is 5.66. The molecule has 1 spiro atoms. The van der Waals surface area contributed by atoms with E-state index in [1.165, 1.54) is 18.4 Å². The van der Waals surface area contributed by atoms with Crippen LogP contribution < -0.4 is 0 Å². The summed E-state index contributed by atoms with van der Waals surface area (Å²) in [6, 6.07) is 0. The molecule has 2 fully saturated rings. The van der Waals surface area contributed by atoms with Gasteiger partial charge in [0.05, 0.1) is 13.2 Å². The number of ether oxygens (including phenoxy) is 1. The molecule has 2 atom stereocenters. The highest BCUT2D eigenvalue weighted by molar-refractivity contribution is 5.30. The Hall–Kier alpha value is -0.560. The Morgan fingerprint density at radius 1 is 1.31 bits per heavy atom. The second-order valence-electron chi connectivity index (χ2n) is 4.62. The van der Waals surface area contributed by atoms with Crippen molar-refractivity contribution in [2.45, 2.75) is 19.3 Å². The molecule has 0 aromatic rings. The molecule has 0 radical (unpaired) electrons. The van der Waals surface area contributed by atoms with E-state index in [2.05, 4.69) is 18.7 Å². The predicted molar refractivity (Wildman–Crippen MR) is 52.4 cm³/mol. The molecular formula is C12H16O. The zero-order valence-corrected chi connectivity index (χ0v) is 7.96. The van der Waals surface area contributed by atoms with Crippen LogP contribution in [0, 0.1) is 17.3 Å². The first kappa shape index (κ1) is 7.81. The number of hydrogen-bond acceptors (Lipinski definition) is 1. The quantitative estimate of drug-likeness (QED) is 0.515. The maximum atomic E-state index is 5.66. The lowest BCUT2D eigenvalue weighted by molar-refractivity contribution is 0.0114. The highest BCUT2D eigenvalue weighted by Gasteiger charge is 2.53. The molecule has 1 aliphatic heterocycles. The first-order valence-electron chi connectivity index (χ1n) is 5.28. The van der Waals surface area contributed by atoms with Crippen molar-refractivity contribution in [1.29, 1.82) is 0 Å². The molecule has 0 aromatic carbocycles. The fourth-order valence-corrected chi connectivity index (χ4v) is 3.46. The van der Waals surface area contributed by atoms with Gasteiger partial charge in [-0.2, -0.15) is 0 Å². The number of allylic oxidation sites excluding steroid dienone is 2. The largest absolute Gasteiger partial charge is 0.380 e. The first-order chi connectivity index (χ1) is 6.34. The van der Waals surface area contributed by atoms with Crippen LogP contribution in [0.1, 0.15) is 19.3 Å². The summed E-state index contributed by atoms with van der Waals surface area (Å²) < 4.78 is 5.66. The minimum Gasteiger partial charge on any atom is -0.380 e. The topological polar surface area (TPSA) is 9.23 Å². The molecule has 1 saturated heterocycles. The Morgan fingerprint density at radius 3 is 2.54 bits per heavy atom. The van der Waals surface area contributed by atoms with Gasteiger partial charge in [-0.05, 0) is 31.1 Å². The zero-order chi connectivity index (χ0) is 8.89. The van der Waals surface area contributed by atoms with Crippen LogP contribution in [0.15, 0.2) is 24.3 Å². The normalized spacial score (nSPS) is 47.8. The van der Waals surface area contributed by atoms with Crippen LogP contribution >= 0.6 is 0 Å². The lowest BCUT2D eigenvalue weighted by Gasteiger charge is -2.40. The highest BCUT2D eigenvalue weighted by Crippen LogP contribution is 2.59. The van der Waals surface area contributed by atoms with Gasteiger partial charge in [-0.1, -0.05) is 24.3 Å². The summed E-state index contributed by atoms with van der Waals surface area (Å²) in [7, 11) is 0. The molecule has 3 rings (SSSR count). The molecular weight excluding hydrogens is 160 g/mol. The summed E-state index contributed by atoms with van der Waals surface area (Å²) in [5, 5.41) is 0. The summed E-state index contributed by atoms with van der Waals surface area (Å²) in [6.45, 7) is 6.08. The predicted octanol–water partition coefficient (Wildman–Crippen LogP) is 2.55. The monoisotopic (exact) mass is 176 g/mol. The maximum Gasteiger partial charge on any atom is 0.0571 e. The van der Waals surface area contributed by atoms with Gasteiger partial charge in [0, 0.05) is 5.41 Å². The van der Waals surface area contributed by atoms with E-state index in [-0.39, 0.29) is 0 Å². The fourth-order valence-electron chi connectivity index (χ4n) is 3.46. The Labute approximate surface area is 79.5 Å². The second-order valence-corrected chi connectivity index (χ2v) is 4.62. The standard InChI is InChI=1S/C12H16O/c1-9-6-7-13-8-12(9)10-2-3-11(12)5-4-10/h2-3,10-11H,1,4-8H2. The van der Waals surface area contributed by atoms with Crippen LogP contribution in [-0.2, 0) is 4.74 Å². The minimum atomic E-state index is 0.332. The van der Waals surface area contributed by atoms with Crippen LogP contribution in [0.4, 0.5) is 0 Å². The lowest BCUT2D eigenvalue weighted by atomic mass is 9.69. The van der Waals surface area contributed by atoms with Gasteiger partial charge < -0.3 is 4.74 Å². The van der Waals surface area contributed by atoms with E-state index in [1.54, 1.807) is 0 Å². The van der Waals surface area contributed by atoms with Crippen LogP contribution in [-0.4, -0.2) is 13.2 Å². The van der Waals surface area contributed by atoms with Crippen molar-refractivity contribution in [3.63, 3.8) is 0 Å². The van der Waals surface area contributed by atoms with E-state index < -0.39 is 0 Å². The summed E-state index contributed by atoms with van der Waals surface area (Å²) in [4.78, 5) is 0. The molecule has 0 aromatic heterocycles. The molecule has 0 amide bonds. The third kappa shape index (κ3) is 0.812. The molecule has 70 valence electrons. The number of rotatable bonds is 0. The fraction of sp³-hybridized carbons (Fsp3) is 0.667. The average molecular weight is 176 g/mol. The van der Waals surface area contributed by atoms with Gasteiger partial charge >= 0.3 is 0 Å². The Morgan fingerprint density at radius 2 is 2.00 bits per heavy atom. The van der Waals surface area contributed by atoms with E-state index in [4.69, 9.17) is 4.74 Å². The van der Waals surface area contributed by atoms with Crippen molar-refractivity contribution in [3.05, 3.63) is 24.3 Å². The summed E-state index contributed by atoms with van der Waals surface area (Å²) in [6.07, 6.45) is 8.57. The molecule has 1 heteroatoms. The Balaban J connectivity index is 2.00. The lowest BCUT2D eigenvalue weighted by Crippen LogP contribution is -2.38. The van der Waals surface area contributed by atoms with Gasteiger partial charge in [0.15, 0.2) is 0 Å². The Kier molecular flexibility index (Phi) is 1.49. The van der Waals surface area contributed by atoms with Gasteiger partial charge in [-0.15, -0.1) is 0 Å². The van der Waals surface area contributed by atoms with Crippen molar-refractivity contribution < 1.29 is 4.74 Å². The molecule has 3 aliphatic rings. The van der Waals surface area contributed by atoms with Crippen molar-refractivity contribution in [3.8, 4) is 0 Å². The van der Waals surface area contributed by atoms with Crippen LogP contribution in [0.3, 0.4) is 0 Å². The van der Waals surface area contributed by atoms with Crippen molar-refractivity contribution in [2.75, 3.05) is 13.2 Å². The number of hydrogen-bond donors (Lipinski definition) is 0. The van der Waals surface area contributed by atoms with Crippen LogP contribution in [0.5, 0.6) is 0 Å². The smallest absolute Gasteiger partial charge is 0.0571 e. The molecule has 0 N–H and O–H groups in total. The van der Waals surface area contributed by atoms with Crippen molar-refractivity contribution in [2.24, 2.45) is 17.3 Å². The average Bonchev–Trinajstić information content (AvgIpc) is 2.67. The van der Waals surface area contributed by atoms with Gasteiger partial charge in [-0.3, -0.25) is 0 Å². The molecule has 1 saturated carbocycles. The van der Waals surface area contributed by atoms with E-state index in [1.807, 2.05) is 0 Å². The SMILES string of the molecule is C=C1CCOCC12C1C=CC2CC1. The van der Waals surface area contributed by atoms with Crippen molar-refractivity contribution in [1.82, 2.24) is 0 Å². The second kappa shape index (κ2) is 2.48. The molecule has 1 heterocycles. The van der Waals surface area contributed by atoms with E-state index in [9.17, 15) is 0 Å². The van der Waals surface area contributed by atoms with Crippen molar-refractivity contribution >= 4 is 0 Å². The molecule has 2 bridgehead atoms. The Bertz CT molecular complexity index is 263. The van der Waals surface area contributed by atoms with E-state index in [0.717, 1.165) is 31.5 Å². The summed E-state index contributed by atoms with van der Waals surface area (Å²) >= 11 is 0. The molecule has 2 aliphatic carbocycles. The van der Waals surface area contributed by atoms with Gasteiger partial charge in [0.2, 0.25) is 0 Å². The molecule has 2 unspecified atom stereocenters. The van der Waals surface area contributed by atoms with Gasteiger partial charge in [0.25, 0.3) is 0 Å². The molecule has 13 heavy (non-hydrogen) atoms. The highest BCUT2D eigenvalue weighted by atomic mass is 16.5.